The van der Waals surface area contributed by atoms with Crippen LogP contribution in [0.3, 0.4) is 0 Å². The maximum atomic E-state index is 14.0. The highest BCUT2D eigenvalue weighted by molar-refractivity contribution is 7.93. The molecule has 4 aromatic rings. The van der Waals surface area contributed by atoms with E-state index >= 15 is 0 Å². The van der Waals surface area contributed by atoms with Crippen molar-refractivity contribution in [1.29, 1.82) is 0 Å². The minimum atomic E-state index is -4.10. The van der Waals surface area contributed by atoms with Gasteiger partial charge in [0.1, 0.15) is 18.1 Å². The van der Waals surface area contributed by atoms with Gasteiger partial charge in [-0.1, -0.05) is 18.2 Å². The highest BCUT2D eigenvalue weighted by atomic mass is 32.2. The van der Waals surface area contributed by atoms with Crippen molar-refractivity contribution in [2.75, 3.05) is 27.5 Å². The molecule has 9 nitrogen and oxygen atoms in total. The minimum absolute atomic E-state index is 0.0320. The lowest BCUT2D eigenvalue weighted by Gasteiger charge is -2.31. The number of anilines is 3. The number of nitrogens with one attached hydrogen (secondary N) is 2. The zero-order valence-corrected chi connectivity index (χ0v) is 22.8. The summed E-state index contributed by atoms with van der Waals surface area (Å²) < 4.78 is 75.1. The Balaban J connectivity index is 1.31. The number of fused-ring (bicyclic) bond motifs is 3. The first-order chi connectivity index (χ1) is 19.1. The number of carbonyl (C=O) groups is 1. The molecule has 1 heterocycles. The second kappa shape index (κ2) is 10.6. The van der Waals surface area contributed by atoms with E-state index in [-0.39, 0.29) is 21.2 Å². The normalized spacial score (nSPS) is 13.6. The van der Waals surface area contributed by atoms with Crippen LogP contribution in [-0.4, -0.2) is 35.9 Å². The van der Waals surface area contributed by atoms with Crippen molar-refractivity contribution in [2.24, 2.45) is 0 Å². The third kappa shape index (κ3) is 5.36. The van der Waals surface area contributed by atoms with Crippen LogP contribution in [-0.2, 0) is 24.8 Å². The first kappa shape index (κ1) is 27.2. The number of rotatable bonds is 8. The predicted molar refractivity (Wildman–Crippen MR) is 150 cm³/mol. The Bertz CT molecular complexity index is 1790. The molecule has 0 bridgehead atoms. The molecular weight excluding hydrogens is 557 g/mol. The lowest BCUT2D eigenvalue weighted by molar-refractivity contribution is -0.114. The average molecular weight is 582 g/mol. The third-order valence-corrected chi connectivity index (χ3v) is 9.34. The molecule has 4 aromatic carbocycles. The summed E-state index contributed by atoms with van der Waals surface area (Å²) in [4.78, 5) is 12.9. The molecule has 0 atom stereocenters. The summed E-state index contributed by atoms with van der Waals surface area (Å²) in [5, 5.41) is 2.59. The fraction of sp³-hybridized carbons (Fsp3) is 0.107. The van der Waals surface area contributed by atoms with Gasteiger partial charge in [-0.2, -0.15) is 0 Å². The second-order valence-electron chi connectivity index (χ2n) is 8.80. The number of hydrogen-bond donors (Lipinski definition) is 2. The summed E-state index contributed by atoms with van der Waals surface area (Å²) in [7, 11) is -8.01. The van der Waals surface area contributed by atoms with Gasteiger partial charge in [0.25, 0.3) is 20.0 Å². The van der Waals surface area contributed by atoms with Crippen molar-refractivity contribution in [3.8, 4) is 16.9 Å². The van der Waals surface area contributed by atoms with Crippen LogP contribution < -0.4 is 19.1 Å². The summed E-state index contributed by atoms with van der Waals surface area (Å²) in [6.45, 7) is 1.76. The molecule has 12 heteroatoms. The number of halogens is 1. The Hall–Kier alpha value is -4.42. The van der Waals surface area contributed by atoms with E-state index in [0.717, 1.165) is 10.4 Å². The van der Waals surface area contributed by atoms with Crippen molar-refractivity contribution < 1.29 is 30.8 Å². The van der Waals surface area contributed by atoms with E-state index in [1.807, 2.05) is 6.92 Å². The molecule has 0 spiro atoms. The number of sulfonamides is 2. The summed E-state index contributed by atoms with van der Waals surface area (Å²) >= 11 is 0. The summed E-state index contributed by atoms with van der Waals surface area (Å²) in [6.07, 6.45) is 0. The SMILES string of the molecule is CCOc1ccc(NS(=O)(=O)c2ccc(NC(=O)CN3c4ccc(F)cc4-c4ccccc4S3(=O)=O)cc2)cc1. The lowest BCUT2D eigenvalue weighted by atomic mass is 10.0. The molecule has 0 saturated heterocycles. The fourth-order valence-corrected chi connectivity index (χ4v) is 7.03. The molecule has 0 unspecified atom stereocenters. The molecule has 0 radical (unpaired) electrons. The third-order valence-electron chi connectivity index (χ3n) is 6.13. The Morgan fingerprint density at radius 1 is 0.900 bits per heavy atom. The van der Waals surface area contributed by atoms with E-state index in [9.17, 15) is 26.0 Å². The zero-order chi connectivity index (χ0) is 28.5. The Labute approximate surface area is 231 Å². The Morgan fingerprint density at radius 3 is 2.27 bits per heavy atom. The molecule has 1 amide bonds. The zero-order valence-electron chi connectivity index (χ0n) is 21.2. The van der Waals surface area contributed by atoms with Crippen molar-refractivity contribution in [3.05, 3.63) is 96.8 Å². The molecule has 0 fully saturated rings. The van der Waals surface area contributed by atoms with Crippen molar-refractivity contribution in [2.45, 2.75) is 16.7 Å². The average Bonchev–Trinajstić information content (AvgIpc) is 2.93. The molecule has 206 valence electrons. The Kier molecular flexibility index (Phi) is 7.21. The molecule has 40 heavy (non-hydrogen) atoms. The molecule has 2 N–H and O–H groups in total. The van der Waals surface area contributed by atoms with E-state index in [2.05, 4.69) is 10.0 Å². The van der Waals surface area contributed by atoms with E-state index in [0.29, 0.717) is 29.2 Å². The molecule has 0 saturated carbocycles. The number of hydrogen-bond acceptors (Lipinski definition) is 6. The van der Waals surface area contributed by atoms with E-state index in [1.165, 1.54) is 42.5 Å². The van der Waals surface area contributed by atoms with Crippen LogP contribution in [0.15, 0.2) is 101 Å². The van der Waals surface area contributed by atoms with E-state index < -0.39 is 38.3 Å². The molecule has 1 aliphatic rings. The lowest BCUT2D eigenvalue weighted by Crippen LogP contribution is -2.40. The first-order valence-corrected chi connectivity index (χ1v) is 15.1. The van der Waals surface area contributed by atoms with Gasteiger partial charge in [-0.05, 0) is 79.7 Å². The van der Waals surface area contributed by atoms with Gasteiger partial charge in [0.05, 0.1) is 22.1 Å². The second-order valence-corrected chi connectivity index (χ2v) is 12.3. The molecule has 0 aliphatic carbocycles. The van der Waals surface area contributed by atoms with Crippen LogP contribution in [0.2, 0.25) is 0 Å². The van der Waals surface area contributed by atoms with E-state index in [4.69, 9.17) is 4.74 Å². The maximum Gasteiger partial charge on any atom is 0.265 e. The Morgan fingerprint density at radius 2 is 1.57 bits per heavy atom. The fourth-order valence-electron chi connectivity index (χ4n) is 4.32. The molecule has 0 aromatic heterocycles. The summed E-state index contributed by atoms with van der Waals surface area (Å²) in [5.41, 5.74) is 1.50. The van der Waals surface area contributed by atoms with Crippen LogP contribution in [0.1, 0.15) is 6.92 Å². The highest BCUT2D eigenvalue weighted by Gasteiger charge is 2.36. The maximum absolute atomic E-state index is 14.0. The van der Waals surface area contributed by atoms with Crippen molar-refractivity contribution in [3.63, 3.8) is 0 Å². The van der Waals surface area contributed by atoms with Gasteiger partial charge < -0.3 is 10.1 Å². The van der Waals surface area contributed by atoms with Crippen LogP contribution in [0.25, 0.3) is 11.1 Å². The van der Waals surface area contributed by atoms with Gasteiger partial charge >= 0.3 is 0 Å². The quantitative estimate of drug-likeness (QED) is 0.307. The van der Waals surface area contributed by atoms with Gasteiger partial charge in [0.15, 0.2) is 0 Å². The molecule has 5 rings (SSSR count). The van der Waals surface area contributed by atoms with Crippen LogP contribution in [0.5, 0.6) is 5.75 Å². The van der Waals surface area contributed by atoms with Gasteiger partial charge in [-0.3, -0.25) is 13.8 Å². The first-order valence-electron chi connectivity index (χ1n) is 12.2. The number of ether oxygens (including phenoxy) is 1. The van der Waals surface area contributed by atoms with Gasteiger partial charge in [0.2, 0.25) is 5.91 Å². The van der Waals surface area contributed by atoms with Gasteiger partial charge in [-0.25, -0.2) is 21.2 Å². The smallest absolute Gasteiger partial charge is 0.265 e. The predicted octanol–water partition coefficient (Wildman–Crippen LogP) is 4.84. The largest absolute Gasteiger partial charge is 0.494 e. The summed E-state index contributed by atoms with van der Waals surface area (Å²) in [6, 6.07) is 21.8. The standard InChI is InChI=1S/C28H24FN3O6S2/c1-2-38-22-12-8-21(9-13-22)31-39(34,35)23-14-10-20(11-15-23)30-28(33)18-32-26-16-7-19(29)17-25(26)24-5-3-4-6-27(24)40(32,36)37/h3-17,31H,2,18H2,1H3,(H,30,33). The number of benzene rings is 4. The monoisotopic (exact) mass is 581 g/mol. The van der Waals surface area contributed by atoms with Crippen molar-refractivity contribution >= 4 is 43.0 Å². The van der Waals surface area contributed by atoms with Crippen LogP contribution >= 0.6 is 0 Å². The highest BCUT2D eigenvalue weighted by Crippen LogP contribution is 2.43. The number of amides is 1. The molecule has 1 aliphatic heterocycles. The number of carbonyl (C=O) groups excluding carboxylic acids is 1. The van der Waals surface area contributed by atoms with Gasteiger partial charge in [-0.15, -0.1) is 0 Å². The van der Waals surface area contributed by atoms with Crippen molar-refractivity contribution in [1.82, 2.24) is 0 Å². The van der Waals surface area contributed by atoms with E-state index in [1.54, 1.807) is 42.5 Å². The van der Waals surface area contributed by atoms with Crippen LogP contribution in [0.4, 0.5) is 21.5 Å². The summed E-state index contributed by atoms with van der Waals surface area (Å²) in [5.74, 6) is -0.589. The molecular formula is C28H24FN3O6S2. The topological polar surface area (TPSA) is 122 Å². The van der Waals surface area contributed by atoms with Gasteiger partial charge in [0, 0.05) is 22.5 Å². The number of nitrogens with zero attached hydrogens (tertiary/aromatic N) is 1. The van der Waals surface area contributed by atoms with Crippen LogP contribution in [0, 0.1) is 5.82 Å². The minimum Gasteiger partial charge on any atom is -0.494 e.